The average molecular weight is 375 g/mol. The van der Waals surface area contributed by atoms with Crippen LogP contribution < -0.4 is 0 Å². The number of epoxide rings is 1. The van der Waals surface area contributed by atoms with Crippen LogP contribution in [0.4, 0.5) is 0 Å². The highest BCUT2D eigenvalue weighted by Gasteiger charge is 2.90. The number of alkyl halides is 2. The van der Waals surface area contributed by atoms with E-state index >= 15 is 0 Å². The molecule has 1 saturated carbocycles. The number of ether oxygens (including phenoxy) is 3. The van der Waals surface area contributed by atoms with Crippen LogP contribution in [0.15, 0.2) is 11.6 Å². The molecule has 2 aliphatic carbocycles. The van der Waals surface area contributed by atoms with Crippen LogP contribution in [-0.2, 0) is 23.8 Å². The highest BCUT2D eigenvalue weighted by molar-refractivity contribution is 6.37. The topological polar surface area (TPSA) is 65.1 Å². The molecule has 0 N–H and O–H groups in total. The van der Waals surface area contributed by atoms with Gasteiger partial charge in [-0.25, -0.2) is 0 Å². The Morgan fingerprint density at radius 3 is 2.71 bits per heavy atom. The molecule has 4 aliphatic rings. The maximum Gasteiger partial charge on any atom is 0.304 e. The third-order valence-corrected chi connectivity index (χ3v) is 7.79. The van der Waals surface area contributed by atoms with Gasteiger partial charge in [0, 0.05) is 18.2 Å². The molecule has 2 heterocycles. The number of rotatable bonds is 2. The Balaban J connectivity index is 1.97. The predicted octanol–water partition coefficient (Wildman–Crippen LogP) is 2.58. The lowest BCUT2D eigenvalue weighted by atomic mass is 9.51. The van der Waals surface area contributed by atoms with Crippen LogP contribution >= 0.6 is 23.2 Å². The number of halogens is 2. The fourth-order valence-corrected chi connectivity index (χ4v) is 6.24. The summed E-state index contributed by atoms with van der Waals surface area (Å²) in [5.41, 5.74) is -1.29. The van der Waals surface area contributed by atoms with Gasteiger partial charge in [-0.2, -0.15) is 0 Å². The fraction of sp³-hybridized carbons (Fsp3) is 0.765. The molecule has 0 unspecified atom stereocenters. The number of Topliss-reactive ketones (excluding diaryl/α,β-unsaturated/α-hetero) is 1. The van der Waals surface area contributed by atoms with E-state index < -0.39 is 39.3 Å². The summed E-state index contributed by atoms with van der Waals surface area (Å²) in [6.45, 7) is 5.51. The van der Waals surface area contributed by atoms with Crippen molar-refractivity contribution in [1.82, 2.24) is 0 Å². The number of carbonyl (C=O) groups is 2. The third kappa shape index (κ3) is 1.56. The third-order valence-electron chi connectivity index (χ3n) is 6.67. The summed E-state index contributed by atoms with van der Waals surface area (Å²) in [5, 5.41) is -1.83. The second kappa shape index (κ2) is 4.76. The van der Waals surface area contributed by atoms with Crippen LogP contribution in [-0.4, -0.2) is 47.1 Å². The van der Waals surface area contributed by atoms with E-state index in [4.69, 9.17) is 37.4 Å². The van der Waals surface area contributed by atoms with E-state index in [0.29, 0.717) is 13.0 Å². The minimum absolute atomic E-state index is 0.235. The van der Waals surface area contributed by atoms with Crippen LogP contribution in [0.3, 0.4) is 0 Å². The Bertz CT molecular complexity index is 672. The Morgan fingerprint density at radius 2 is 2.17 bits per heavy atom. The molecular weight excluding hydrogens is 355 g/mol. The molecule has 0 aromatic carbocycles. The van der Waals surface area contributed by atoms with E-state index in [1.165, 1.54) is 12.5 Å². The van der Waals surface area contributed by atoms with Crippen LogP contribution in [0, 0.1) is 10.8 Å². The van der Waals surface area contributed by atoms with Gasteiger partial charge in [0.2, 0.25) is 5.78 Å². The van der Waals surface area contributed by atoms with Gasteiger partial charge >= 0.3 is 5.97 Å². The molecule has 2 bridgehead atoms. The quantitative estimate of drug-likeness (QED) is 0.321. The van der Waals surface area contributed by atoms with Gasteiger partial charge < -0.3 is 14.2 Å². The molecule has 6 atom stereocenters. The highest BCUT2D eigenvalue weighted by Crippen LogP contribution is 2.75. The van der Waals surface area contributed by atoms with Crippen molar-refractivity contribution in [2.24, 2.45) is 10.8 Å². The van der Waals surface area contributed by atoms with Gasteiger partial charge in [-0.05, 0) is 19.8 Å². The van der Waals surface area contributed by atoms with Gasteiger partial charge in [0.05, 0.1) is 18.1 Å². The van der Waals surface area contributed by atoms with Crippen LogP contribution in [0.1, 0.15) is 33.6 Å². The van der Waals surface area contributed by atoms with Gasteiger partial charge in [-0.1, -0.05) is 30.2 Å². The molecular formula is C17H20Cl2O5. The maximum atomic E-state index is 13.1. The molecule has 2 aliphatic heterocycles. The SMILES string of the molecule is CC(=O)O[C@@]1(Cl)C(=O)[C@H]2O[C@@H]3C=C(C)CC[C@]3(CCl)[C@]1(C)[C@]21CO1. The first-order valence-corrected chi connectivity index (χ1v) is 9.05. The van der Waals surface area contributed by atoms with Gasteiger partial charge in [-0.15, -0.1) is 11.6 Å². The normalized spacial score (nSPS) is 52.0. The average Bonchev–Trinajstić information content (AvgIpc) is 3.29. The largest absolute Gasteiger partial charge is 0.435 e. The number of hydrogen-bond donors (Lipinski definition) is 0. The van der Waals surface area contributed by atoms with Crippen molar-refractivity contribution < 1.29 is 23.8 Å². The van der Waals surface area contributed by atoms with E-state index in [2.05, 4.69) is 0 Å². The van der Waals surface area contributed by atoms with Crippen LogP contribution in [0.5, 0.6) is 0 Å². The number of hydrogen-bond acceptors (Lipinski definition) is 5. The van der Waals surface area contributed by atoms with Crippen molar-refractivity contribution >= 4 is 35.0 Å². The molecule has 1 spiro atoms. The van der Waals surface area contributed by atoms with E-state index in [9.17, 15) is 9.59 Å². The summed E-state index contributed by atoms with van der Waals surface area (Å²) in [6, 6.07) is 0. The minimum Gasteiger partial charge on any atom is -0.435 e. The first-order chi connectivity index (χ1) is 11.2. The lowest BCUT2D eigenvalue weighted by Crippen LogP contribution is -2.68. The summed E-state index contributed by atoms with van der Waals surface area (Å²) >= 11 is 13.2. The molecule has 0 radical (unpaired) electrons. The number of fused-ring (bicyclic) bond motifs is 2. The Hall–Kier alpha value is -0.620. The molecule has 0 aromatic heterocycles. The predicted molar refractivity (Wildman–Crippen MR) is 87.0 cm³/mol. The highest BCUT2D eigenvalue weighted by atomic mass is 35.5. The summed E-state index contributed by atoms with van der Waals surface area (Å²) in [6.07, 6.45) is 2.35. The second-order valence-electron chi connectivity index (χ2n) is 7.60. The lowest BCUT2D eigenvalue weighted by molar-refractivity contribution is -0.216. The van der Waals surface area contributed by atoms with Gasteiger partial charge in [0.1, 0.15) is 5.60 Å². The molecule has 2 saturated heterocycles. The maximum absolute atomic E-state index is 13.1. The number of carbonyl (C=O) groups excluding carboxylic acids is 2. The second-order valence-corrected chi connectivity index (χ2v) is 8.40. The van der Waals surface area contributed by atoms with Crippen molar-refractivity contribution in [3.63, 3.8) is 0 Å². The first-order valence-electron chi connectivity index (χ1n) is 8.14. The molecule has 24 heavy (non-hydrogen) atoms. The summed E-state index contributed by atoms with van der Waals surface area (Å²) in [4.78, 5) is 24.8. The summed E-state index contributed by atoms with van der Waals surface area (Å²) < 4.78 is 17.4. The molecule has 132 valence electrons. The van der Waals surface area contributed by atoms with Gasteiger partial charge in [0.25, 0.3) is 5.06 Å². The zero-order valence-corrected chi connectivity index (χ0v) is 15.4. The van der Waals surface area contributed by atoms with Crippen molar-refractivity contribution in [3.05, 3.63) is 11.6 Å². The van der Waals surface area contributed by atoms with Crippen molar-refractivity contribution in [1.29, 1.82) is 0 Å². The molecule has 0 amide bonds. The minimum atomic E-state index is -1.83. The zero-order valence-electron chi connectivity index (χ0n) is 13.9. The van der Waals surface area contributed by atoms with Crippen molar-refractivity contribution in [3.8, 4) is 0 Å². The fourth-order valence-electron chi connectivity index (χ4n) is 5.13. The monoisotopic (exact) mass is 374 g/mol. The molecule has 4 rings (SSSR count). The number of ketones is 1. The Morgan fingerprint density at radius 1 is 1.50 bits per heavy atom. The van der Waals surface area contributed by atoms with E-state index in [0.717, 1.165) is 6.42 Å². The molecule has 0 aromatic rings. The molecule has 7 heteroatoms. The van der Waals surface area contributed by atoms with Gasteiger partial charge in [0.15, 0.2) is 6.10 Å². The van der Waals surface area contributed by atoms with E-state index in [-0.39, 0.29) is 12.0 Å². The van der Waals surface area contributed by atoms with Crippen LogP contribution in [0.25, 0.3) is 0 Å². The number of allylic oxidation sites excluding steroid dienone is 1. The summed E-state index contributed by atoms with van der Waals surface area (Å²) in [7, 11) is 0. The van der Waals surface area contributed by atoms with Crippen molar-refractivity contribution in [2.45, 2.75) is 56.5 Å². The Kier molecular flexibility index (Phi) is 3.33. The van der Waals surface area contributed by atoms with Crippen molar-refractivity contribution in [2.75, 3.05) is 12.5 Å². The van der Waals surface area contributed by atoms with Crippen LogP contribution in [0.2, 0.25) is 0 Å². The smallest absolute Gasteiger partial charge is 0.304 e. The Labute approximate surface area is 150 Å². The molecule has 3 fully saturated rings. The van der Waals surface area contributed by atoms with E-state index in [1.54, 1.807) is 0 Å². The number of esters is 1. The standard InChI is InChI=1S/C17H20Cl2O5/c1-9-4-5-15(7-18)11(6-9)23-13-12(21)17(19,24-10(2)20)14(15,3)16(13)8-22-16/h6,11,13H,4-5,7-8H2,1-3H3/t11-,13-,14-,15-,16+,17+/m1/s1. The first kappa shape index (κ1) is 16.8. The lowest BCUT2D eigenvalue weighted by Gasteiger charge is -2.58. The summed E-state index contributed by atoms with van der Waals surface area (Å²) in [5.74, 6) is -0.810. The molecule has 5 nitrogen and oxygen atoms in total. The van der Waals surface area contributed by atoms with E-state index in [1.807, 2.05) is 19.9 Å². The zero-order chi connectivity index (χ0) is 17.5. The van der Waals surface area contributed by atoms with Gasteiger partial charge in [-0.3, -0.25) is 9.59 Å².